The third-order valence-electron chi connectivity index (χ3n) is 2.73. The van der Waals surface area contributed by atoms with Crippen LogP contribution in [0, 0.1) is 5.92 Å². The minimum absolute atomic E-state index is 0.0567. The first kappa shape index (κ1) is 11.3. The molecule has 0 saturated heterocycles. The van der Waals surface area contributed by atoms with Gasteiger partial charge in [0.1, 0.15) is 0 Å². The fourth-order valence-corrected chi connectivity index (χ4v) is 3.05. The highest BCUT2D eigenvalue weighted by Crippen LogP contribution is 2.27. The van der Waals surface area contributed by atoms with Crippen LogP contribution < -0.4 is 4.72 Å². The van der Waals surface area contributed by atoms with Crippen molar-refractivity contribution in [2.24, 2.45) is 5.92 Å². The molecular formula is C8H16ClNO2S. The Morgan fingerprint density at radius 3 is 2.54 bits per heavy atom. The van der Waals surface area contributed by atoms with E-state index in [1.165, 1.54) is 6.42 Å². The molecule has 2 atom stereocenters. The van der Waals surface area contributed by atoms with Crippen LogP contribution in [0.1, 0.15) is 39.0 Å². The van der Waals surface area contributed by atoms with E-state index in [0.717, 1.165) is 25.7 Å². The van der Waals surface area contributed by atoms with Gasteiger partial charge in [0.05, 0.1) is 0 Å². The summed E-state index contributed by atoms with van der Waals surface area (Å²) in [5.74, 6) is 0.460. The first-order chi connectivity index (χ1) is 6.03. The molecule has 0 radical (unpaired) electrons. The predicted molar refractivity (Wildman–Crippen MR) is 53.9 cm³/mol. The van der Waals surface area contributed by atoms with Gasteiger partial charge in [0.25, 0.3) is 9.24 Å². The number of halogens is 1. The van der Waals surface area contributed by atoms with E-state index in [1.807, 2.05) is 0 Å². The smallest absolute Gasteiger partial charge is 0.199 e. The normalized spacial score (nSPS) is 30.3. The Kier molecular flexibility index (Phi) is 4.01. The molecule has 1 rings (SSSR count). The molecule has 1 aliphatic rings. The van der Waals surface area contributed by atoms with Crippen LogP contribution in [0.25, 0.3) is 0 Å². The molecule has 5 heteroatoms. The Balaban J connectivity index is 2.55. The molecule has 0 aliphatic heterocycles. The Hall–Kier alpha value is 0.200. The summed E-state index contributed by atoms with van der Waals surface area (Å²) in [7, 11) is 1.61. The second kappa shape index (κ2) is 4.62. The molecule has 2 unspecified atom stereocenters. The fourth-order valence-electron chi connectivity index (χ4n) is 2.03. The molecule has 0 heterocycles. The lowest BCUT2D eigenvalue weighted by molar-refractivity contribution is 0.283. The predicted octanol–water partition coefficient (Wildman–Crippen LogP) is 2.03. The molecule has 3 nitrogen and oxygen atoms in total. The van der Waals surface area contributed by atoms with Crippen molar-refractivity contribution in [3.8, 4) is 0 Å². The number of hydrogen-bond acceptors (Lipinski definition) is 2. The lowest BCUT2D eigenvalue weighted by Crippen LogP contribution is -2.39. The maximum atomic E-state index is 10.8. The Morgan fingerprint density at radius 1 is 1.38 bits per heavy atom. The van der Waals surface area contributed by atoms with Crippen molar-refractivity contribution in [2.45, 2.75) is 45.1 Å². The van der Waals surface area contributed by atoms with Crippen molar-refractivity contribution in [2.75, 3.05) is 0 Å². The highest BCUT2D eigenvalue weighted by atomic mass is 35.7. The standard InChI is InChI=1S/C8H16ClNO2S/c1-2-7-5-3-4-6-8(7)10-13(9,11)12/h7-8,10H,2-6H2,1H3. The number of hydrogen-bond donors (Lipinski definition) is 1. The van der Waals surface area contributed by atoms with E-state index in [2.05, 4.69) is 11.6 Å². The lowest BCUT2D eigenvalue weighted by atomic mass is 9.83. The van der Waals surface area contributed by atoms with Gasteiger partial charge in [0.2, 0.25) is 0 Å². The van der Waals surface area contributed by atoms with Crippen molar-refractivity contribution in [3.05, 3.63) is 0 Å². The van der Waals surface area contributed by atoms with Crippen molar-refractivity contribution in [1.82, 2.24) is 4.72 Å². The third kappa shape index (κ3) is 3.83. The number of rotatable bonds is 3. The van der Waals surface area contributed by atoms with Gasteiger partial charge in [-0.3, -0.25) is 0 Å². The first-order valence-corrected chi connectivity index (χ1v) is 7.05. The van der Waals surface area contributed by atoms with Gasteiger partial charge in [-0.2, -0.15) is 13.1 Å². The Morgan fingerprint density at radius 2 is 2.00 bits per heavy atom. The summed E-state index contributed by atoms with van der Waals surface area (Å²) >= 11 is 0. The van der Waals surface area contributed by atoms with E-state index in [9.17, 15) is 8.42 Å². The van der Waals surface area contributed by atoms with Gasteiger partial charge < -0.3 is 0 Å². The van der Waals surface area contributed by atoms with Crippen molar-refractivity contribution >= 4 is 19.9 Å². The van der Waals surface area contributed by atoms with Gasteiger partial charge in [-0.15, -0.1) is 0 Å². The monoisotopic (exact) mass is 225 g/mol. The van der Waals surface area contributed by atoms with Crippen molar-refractivity contribution < 1.29 is 8.42 Å². The highest BCUT2D eigenvalue weighted by Gasteiger charge is 2.26. The zero-order chi connectivity index (χ0) is 9.90. The third-order valence-corrected chi connectivity index (χ3v) is 3.58. The van der Waals surface area contributed by atoms with Gasteiger partial charge >= 0.3 is 0 Å². The zero-order valence-electron chi connectivity index (χ0n) is 7.79. The molecule has 0 aromatic heterocycles. The van der Waals surface area contributed by atoms with E-state index in [0.29, 0.717) is 5.92 Å². The molecule has 13 heavy (non-hydrogen) atoms. The van der Waals surface area contributed by atoms with E-state index >= 15 is 0 Å². The van der Waals surface area contributed by atoms with Crippen molar-refractivity contribution in [1.29, 1.82) is 0 Å². The van der Waals surface area contributed by atoms with Gasteiger partial charge in [-0.1, -0.05) is 26.2 Å². The summed E-state index contributed by atoms with van der Waals surface area (Å²) < 4.78 is 24.1. The van der Waals surface area contributed by atoms with Crippen LogP contribution in [0.3, 0.4) is 0 Å². The van der Waals surface area contributed by atoms with Gasteiger partial charge in [-0.25, -0.2) is 0 Å². The van der Waals surface area contributed by atoms with Crippen LogP contribution in [-0.4, -0.2) is 14.5 Å². The second-order valence-electron chi connectivity index (χ2n) is 3.61. The molecule has 1 N–H and O–H groups in total. The molecule has 78 valence electrons. The summed E-state index contributed by atoms with van der Waals surface area (Å²) in [6.07, 6.45) is 5.36. The van der Waals surface area contributed by atoms with Crippen LogP contribution in [0.5, 0.6) is 0 Å². The average molecular weight is 226 g/mol. The molecule has 0 bridgehead atoms. The maximum absolute atomic E-state index is 10.8. The van der Waals surface area contributed by atoms with E-state index in [4.69, 9.17) is 10.7 Å². The van der Waals surface area contributed by atoms with Crippen LogP contribution >= 0.6 is 10.7 Å². The number of nitrogens with one attached hydrogen (secondary N) is 1. The van der Waals surface area contributed by atoms with E-state index < -0.39 is 9.24 Å². The maximum Gasteiger partial charge on any atom is 0.297 e. The molecule has 1 fully saturated rings. The summed E-state index contributed by atoms with van der Waals surface area (Å²) in [5, 5.41) is 0. The summed E-state index contributed by atoms with van der Waals surface area (Å²) in [6.45, 7) is 2.09. The van der Waals surface area contributed by atoms with Gasteiger partial charge in [0, 0.05) is 16.7 Å². The van der Waals surface area contributed by atoms with E-state index in [1.54, 1.807) is 0 Å². The second-order valence-corrected chi connectivity index (χ2v) is 5.95. The fraction of sp³-hybridized carbons (Fsp3) is 1.00. The summed E-state index contributed by atoms with van der Waals surface area (Å²) in [4.78, 5) is 0. The molecule has 0 aromatic rings. The molecule has 1 aliphatic carbocycles. The first-order valence-electron chi connectivity index (χ1n) is 4.75. The quantitative estimate of drug-likeness (QED) is 0.748. The van der Waals surface area contributed by atoms with Crippen LogP contribution in [0.2, 0.25) is 0 Å². The van der Waals surface area contributed by atoms with Crippen molar-refractivity contribution in [3.63, 3.8) is 0 Å². The van der Waals surface area contributed by atoms with Crippen LogP contribution in [0.4, 0.5) is 0 Å². The zero-order valence-corrected chi connectivity index (χ0v) is 9.37. The highest BCUT2D eigenvalue weighted by molar-refractivity contribution is 8.12. The summed E-state index contributed by atoms with van der Waals surface area (Å²) in [6, 6.07) is 0.0567. The van der Waals surface area contributed by atoms with E-state index in [-0.39, 0.29) is 6.04 Å². The SMILES string of the molecule is CCC1CCCCC1NS(=O)(=O)Cl. The lowest BCUT2D eigenvalue weighted by Gasteiger charge is -2.30. The molecular weight excluding hydrogens is 210 g/mol. The van der Waals surface area contributed by atoms with Crippen LogP contribution in [0.15, 0.2) is 0 Å². The van der Waals surface area contributed by atoms with Gasteiger partial charge in [0.15, 0.2) is 0 Å². The molecule has 0 aromatic carbocycles. The largest absolute Gasteiger partial charge is 0.297 e. The topological polar surface area (TPSA) is 46.2 Å². The minimum Gasteiger partial charge on any atom is -0.199 e. The Labute approximate surface area is 84.4 Å². The minimum atomic E-state index is -3.54. The molecule has 0 amide bonds. The van der Waals surface area contributed by atoms with Gasteiger partial charge in [-0.05, 0) is 18.8 Å². The Bertz CT molecular complexity index is 253. The molecule has 1 saturated carbocycles. The average Bonchev–Trinajstić information content (AvgIpc) is 2.02. The van der Waals surface area contributed by atoms with Crippen LogP contribution in [-0.2, 0) is 9.24 Å². The summed E-state index contributed by atoms with van der Waals surface area (Å²) in [5.41, 5.74) is 0. The molecule has 0 spiro atoms.